The number of nitrogens with zero attached hydrogens (tertiary/aromatic N) is 2. The molecule has 2 aromatic rings. The number of rotatable bonds is 1. The number of nitriles is 1. The van der Waals surface area contributed by atoms with Crippen LogP contribution in [0.1, 0.15) is 5.56 Å². The first-order chi connectivity index (χ1) is 6.70. The molecular formula is C9H5BrClN3. The zero-order valence-corrected chi connectivity index (χ0v) is 9.35. The summed E-state index contributed by atoms with van der Waals surface area (Å²) in [5, 5.41) is 9.24. The van der Waals surface area contributed by atoms with E-state index in [4.69, 9.17) is 16.9 Å². The van der Waals surface area contributed by atoms with E-state index in [9.17, 15) is 0 Å². The Morgan fingerprint density at radius 1 is 1.57 bits per heavy atom. The summed E-state index contributed by atoms with van der Waals surface area (Å²) in [5.41, 5.74) is 2.48. The van der Waals surface area contributed by atoms with Crippen molar-refractivity contribution in [2.45, 2.75) is 6.42 Å². The zero-order valence-electron chi connectivity index (χ0n) is 7.01. The maximum atomic E-state index is 8.63. The van der Waals surface area contributed by atoms with E-state index < -0.39 is 0 Å². The van der Waals surface area contributed by atoms with E-state index in [-0.39, 0.29) is 0 Å². The molecule has 0 aliphatic carbocycles. The van der Waals surface area contributed by atoms with Gasteiger partial charge in [0.05, 0.1) is 23.5 Å². The number of halogens is 2. The fourth-order valence-electron chi connectivity index (χ4n) is 1.34. The molecule has 0 bridgehead atoms. The van der Waals surface area contributed by atoms with Crippen LogP contribution in [0, 0.1) is 11.3 Å². The summed E-state index contributed by atoms with van der Waals surface area (Å²) in [6, 6.07) is 5.64. The Bertz CT molecular complexity index is 527. The minimum atomic E-state index is 0.314. The van der Waals surface area contributed by atoms with E-state index in [1.165, 1.54) is 0 Å². The molecule has 0 saturated carbocycles. The number of hydrogen-bond acceptors (Lipinski definition) is 2. The minimum Gasteiger partial charge on any atom is -0.332 e. The summed E-state index contributed by atoms with van der Waals surface area (Å²) in [6.45, 7) is 0. The van der Waals surface area contributed by atoms with Gasteiger partial charge in [-0.1, -0.05) is 11.6 Å². The summed E-state index contributed by atoms with van der Waals surface area (Å²) in [4.78, 5) is 7.23. The van der Waals surface area contributed by atoms with E-state index in [0.717, 1.165) is 16.6 Å². The van der Waals surface area contributed by atoms with Gasteiger partial charge in [-0.3, -0.25) is 0 Å². The number of aromatic amines is 1. The Balaban J connectivity index is 2.74. The van der Waals surface area contributed by atoms with Crippen molar-refractivity contribution in [3.8, 4) is 6.07 Å². The van der Waals surface area contributed by atoms with Crippen molar-refractivity contribution < 1.29 is 0 Å². The van der Waals surface area contributed by atoms with Crippen LogP contribution in [0.4, 0.5) is 0 Å². The van der Waals surface area contributed by atoms with E-state index >= 15 is 0 Å². The standard InChI is InChI=1S/C9H5BrClN3/c10-9-13-7-4-6(11)3-5(1-2-12)8(7)14-9/h3-4H,1H2,(H,13,14). The lowest BCUT2D eigenvalue weighted by atomic mass is 10.1. The molecule has 0 unspecified atom stereocenters. The molecule has 70 valence electrons. The number of hydrogen-bond donors (Lipinski definition) is 1. The van der Waals surface area contributed by atoms with Gasteiger partial charge >= 0.3 is 0 Å². The van der Waals surface area contributed by atoms with Gasteiger partial charge in [-0.2, -0.15) is 5.26 Å². The number of fused-ring (bicyclic) bond motifs is 1. The summed E-state index contributed by atoms with van der Waals surface area (Å²) < 4.78 is 0.647. The number of nitrogens with one attached hydrogen (secondary N) is 1. The van der Waals surface area contributed by atoms with Gasteiger partial charge in [0.25, 0.3) is 0 Å². The number of H-pyrrole nitrogens is 1. The van der Waals surface area contributed by atoms with Crippen molar-refractivity contribution in [1.29, 1.82) is 5.26 Å². The zero-order chi connectivity index (χ0) is 10.1. The second-order valence-corrected chi connectivity index (χ2v) is 4.01. The summed E-state index contributed by atoms with van der Waals surface area (Å²) in [5.74, 6) is 0. The number of aromatic nitrogens is 2. The second-order valence-electron chi connectivity index (χ2n) is 2.82. The van der Waals surface area contributed by atoms with Crippen LogP contribution < -0.4 is 0 Å². The molecule has 0 atom stereocenters. The van der Waals surface area contributed by atoms with Crippen LogP contribution in [0.3, 0.4) is 0 Å². The maximum Gasteiger partial charge on any atom is 0.175 e. The third-order valence-corrected chi connectivity index (χ3v) is 2.46. The molecule has 1 aromatic heterocycles. The van der Waals surface area contributed by atoms with Gasteiger partial charge in [0.1, 0.15) is 0 Å². The number of benzene rings is 1. The van der Waals surface area contributed by atoms with Crippen LogP contribution in [0.5, 0.6) is 0 Å². The Hall–Kier alpha value is -1.05. The molecule has 0 aliphatic heterocycles. The molecule has 0 spiro atoms. The first kappa shape index (κ1) is 9.50. The minimum absolute atomic E-state index is 0.314. The summed E-state index contributed by atoms with van der Waals surface area (Å²) in [7, 11) is 0. The molecule has 0 amide bonds. The Labute approximate surface area is 93.8 Å². The van der Waals surface area contributed by atoms with Crippen LogP contribution in [-0.4, -0.2) is 9.97 Å². The molecular weight excluding hydrogens is 265 g/mol. The van der Waals surface area contributed by atoms with Crippen molar-refractivity contribution in [2.24, 2.45) is 0 Å². The monoisotopic (exact) mass is 269 g/mol. The Kier molecular flexibility index (Phi) is 2.44. The Morgan fingerprint density at radius 2 is 2.36 bits per heavy atom. The predicted octanol–water partition coefficient (Wildman–Crippen LogP) is 3.04. The molecule has 1 aromatic carbocycles. The first-order valence-corrected chi connectivity index (χ1v) is 5.08. The maximum absolute atomic E-state index is 8.63. The van der Waals surface area contributed by atoms with Gasteiger partial charge < -0.3 is 4.98 Å². The first-order valence-electron chi connectivity index (χ1n) is 3.91. The third kappa shape index (κ3) is 1.61. The highest BCUT2D eigenvalue weighted by Crippen LogP contribution is 2.24. The van der Waals surface area contributed by atoms with E-state index in [2.05, 4.69) is 32.0 Å². The molecule has 5 heteroatoms. The lowest BCUT2D eigenvalue weighted by Gasteiger charge is -1.97. The molecule has 1 N–H and O–H groups in total. The van der Waals surface area contributed by atoms with Crippen LogP contribution in [0.2, 0.25) is 5.02 Å². The highest BCUT2D eigenvalue weighted by Gasteiger charge is 2.07. The average Bonchev–Trinajstić information content (AvgIpc) is 2.45. The van der Waals surface area contributed by atoms with Crippen LogP contribution >= 0.6 is 27.5 Å². The fourth-order valence-corrected chi connectivity index (χ4v) is 1.97. The van der Waals surface area contributed by atoms with Crippen molar-refractivity contribution >= 4 is 38.6 Å². The van der Waals surface area contributed by atoms with Crippen LogP contribution in [0.25, 0.3) is 11.0 Å². The molecule has 14 heavy (non-hydrogen) atoms. The SMILES string of the molecule is N#CCc1cc(Cl)cc2[nH]c(Br)nc12. The van der Waals surface area contributed by atoms with Gasteiger partial charge in [-0.25, -0.2) is 4.98 Å². The largest absolute Gasteiger partial charge is 0.332 e. The Morgan fingerprint density at radius 3 is 3.07 bits per heavy atom. The highest BCUT2D eigenvalue weighted by molar-refractivity contribution is 9.10. The predicted molar refractivity (Wildman–Crippen MR) is 58.1 cm³/mol. The van der Waals surface area contributed by atoms with Gasteiger partial charge in [0.15, 0.2) is 4.73 Å². The summed E-state index contributed by atoms with van der Waals surface area (Å²) >= 11 is 9.14. The quantitative estimate of drug-likeness (QED) is 0.866. The molecule has 0 saturated heterocycles. The lowest BCUT2D eigenvalue weighted by molar-refractivity contribution is 1.24. The lowest BCUT2D eigenvalue weighted by Crippen LogP contribution is -1.84. The van der Waals surface area contributed by atoms with Crippen LogP contribution in [0.15, 0.2) is 16.9 Å². The van der Waals surface area contributed by atoms with Crippen molar-refractivity contribution in [3.63, 3.8) is 0 Å². The van der Waals surface area contributed by atoms with Crippen molar-refractivity contribution in [3.05, 3.63) is 27.5 Å². The van der Waals surface area contributed by atoms with E-state index in [1.54, 1.807) is 12.1 Å². The van der Waals surface area contributed by atoms with Crippen molar-refractivity contribution in [2.75, 3.05) is 0 Å². The second kappa shape index (κ2) is 3.60. The van der Waals surface area contributed by atoms with Gasteiger partial charge in [-0.15, -0.1) is 0 Å². The fraction of sp³-hybridized carbons (Fsp3) is 0.111. The van der Waals surface area contributed by atoms with Gasteiger partial charge in [-0.05, 0) is 33.6 Å². The van der Waals surface area contributed by atoms with E-state index in [0.29, 0.717) is 16.2 Å². The highest BCUT2D eigenvalue weighted by atomic mass is 79.9. The molecule has 2 rings (SSSR count). The molecule has 3 nitrogen and oxygen atoms in total. The molecule has 0 fully saturated rings. The van der Waals surface area contributed by atoms with E-state index in [1.807, 2.05) is 0 Å². The summed E-state index contributed by atoms with van der Waals surface area (Å²) in [6.07, 6.45) is 0.314. The normalized spacial score (nSPS) is 10.4. The average molecular weight is 271 g/mol. The third-order valence-electron chi connectivity index (χ3n) is 1.87. The van der Waals surface area contributed by atoms with Crippen molar-refractivity contribution in [1.82, 2.24) is 9.97 Å². The van der Waals surface area contributed by atoms with Gasteiger partial charge in [0, 0.05) is 5.02 Å². The van der Waals surface area contributed by atoms with Crippen LogP contribution in [-0.2, 0) is 6.42 Å². The topological polar surface area (TPSA) is 52.5 Å². The molecule has 0 aliphatic rings. The smallest absolute Gasteiger partial charge is 0.175 e. The number of imidazole rings is 1. The molecule has 0 radical (unpaired) electrons. The van der Waals surface area contributed by atoms with Gasteiger partial charge in [0.2, 0.25) is 0 Å². The molecule has 1 heterocycles.